The van der Waals surface area contributed by atoms with Crippen molar-refractivity contribution in [3.05, 3.63) is 22.7 Å². The zero-order valence-electron chi connectivity index (χ0n) is 16.8. The van der Waals surface area contributed by atoms with Crippen LogP contribution >= 0.6 is 31.9 Å². The molecule has 0 bridgehead atoms. The number of benzene rings is 1. The van der Waals surface area contributed by atoms with Crippen LogP contribution in [-0.2, 0) is 4.79 Å². The summed E-state index contributed by atoms with van der Waals surface area (Å²) in [5, 5.41) is 4.90. The molecule has 6 nitrogen and oxygen atoms in total. The van der Waals surface area contributed by atoms with E-state index in [1.807, 2.05) is 25.1 Å². The fourth-order valence-electron chi connectivity index (χ4n) is 3.69. The molecule has 1 aromatic carbocycles. The SMILES string of the molecule is COc1cc(N2CCN(C(=O)CN3N=C(C(F)(F)F)C(Br)C3C)[C@@H](C)C2)ccc1Br. The van der Waals surface area contributed by atoms with Crippen molar-refractivity contribution in [1.29, 1.82) is 0 Å². The molecule has 3 rings (SSSR count). The van der Waals surface area contributed by atoms with Gasteiger partial charge in [-0.1, -0.05) is 15.9 Å². The average molecular weight is 556 g/mol. The van der Waals surface area contributed by atoms with Crippen LogP contribution in [0.25, 0.3) is 0 Å². The number of piperazine rings is 1. The number of amides is 1. The Morgan fingerprint density at radius 1 is 1.30 bits per heavy atom. The summed E-state index contributed by atoms with van der Waals surface area (Å²) in [4.78, 5) is 15.8. The number of methoxy groups -OCH3 is 1. The molecule has 0 aliphatic carbocycles. The highest BCUT2D eigenvalue weighted by atomic mass is 79.9. The van der Waals surface area contributed by atoms with Gasteiger partial charge in [-0.3, -0.25) is 9.80 Å². The summed E-state index contributed by atoms with van der Waals surface area (Å²) >= 11 is 6.49. The Morgan fingerprint density at radius 2 is 2.00 bits per heavy atom. The molecule has 0 radical (unpaired) electrons. The van der Waals surface area contributed by atoms with Gasteiger partial charge in [0.15, 0.2) is 5.71 Å². The van der Waals surface area contributed by atoms with Crippen LogP contribution in [0.5, 0.6) is 5.75 Å². The maximum absolute atomic E-state index is 13.1. The predicted molar refractivity (Wildman–Crippen MR) is 116 cm³/mol. The second kappa shape index (κ2) is 8.94. The molecule has 2 heterocycles. The van der Waals surface area contributed by atoms with E-state index in [4.69, 9.17) is 4.74 Å². The second-order valence-corrected chi connectivity index (χ2v) is 9.26. The lowest BCUT2D eigenvalue weighted by atomic mass is 10.1. The maximum atomic E-state index is 13.1. The van der Waals surface area contributed by atoms with Crippen molar-refractivity contribution >= 4 is 49.2 Å². The topological polar surface area (TPSA) is 48.4 Å². The smallest absolute Gasteiger partial charge is 0.432 e. The molecule has 2 aliphatic rings. The normalized spacial score (nSPS) is 24.9. The molecule has 1 saturated heterocycles. The van der Waals surface area contributed by atoms with E-state index in [0.29, 0.717) is 19.6 Å². The first kappa shape index (κ1) is 23.2. The number of carbonyl (C=O) groups is 1. The highest BCUT2D eigenvalue weighted by molar-refractivity contribution is 9.10. The van der Waals surface area contributed by atoms with Crippen molar-refractivity contribution in [2.75, 3.05) is 38.2 Å². The van der Waals surface area contributed by atoms with E-state index in [2.05, 4.69) is 41.9 Å². The Morgan fingerprint density at radius 3 is 2.57 bits per heavy atom. The Hall–Kier alpha value is -1.49. The molecule has 0 spiro atoms. The van der Waals surface area contributed by atoms with Crippen molar-refractivity contribution in [1.82, 2.24) is 9.91 Å². The van der Waals surface area contributed by atoms with Gasteiger partial charge >= 0.3 is 6.18 Å². The van der Waals surface area contributed by atoms with Crippen molar-refractivity contribution in [3.8, 4) is 5.75 Å². The van der Waals surface area contributed by atoms with Crippen molar-refractivity contribution in [2.24, 2.45) is 5.10 Å². The molecule has 3 atom stereocenters. The van der Waals surface area contributed by atoms with E-state index >= 15 is 0 Å². The van der Waals surface area contributed by atoms with Gasteiger partial charge in [0, 0.05) is 37.4 Å². The number of carbonyl (C=O) groups excluding carboxylic acids is 1. The first-order valence-electron chi connectivity index (χ1n) is 9.47. The second-order valence-electron chi connectivity index (χ2n) is 7.42. The van der Waals surface area contributed by atoms with Gasteiger partial charge in [0.1, 0.15) is 12.3 Å². The summed E-state index contributed by atoms with van der Waals surface area (Å²) < 4.78 is 45.5. The van der Waals surface area contributed by atoms with Crippen LogP contribution in [-0.4, -0.2) is 77.9 Å². The molecule has 30 heavy (non-hydrogen) atoms. The Kier molecular flexibility index (Phi) is 6.91. The molecule has 2 aliphatic heterocycles. The number of hydrazone groups is 1. The summed E-state index contributed by atoms with van der Waals surface area (Å²) in [6, 6.07) is 5.18. The number of anilines is 1. The third-order valence-electron chi connectivity index (χ3n) is 5.43. The minimum absolute atomic E-state index is 0.0929. The van der Waals surface area contributed by atoms with Crippen molar-refractivity contribution in [2.45, 2.75) is 36.9 Å². The lowest BCUT2D eigenvalue weighted by Crippen LogP contribution is -2.56. The monoisotopic (exact) mass is 554 g/mol. The lowest BCUT2D eigenvalue weighted by Gasteiger charge is -2.41. The first-order valence-corrected chi connectivity index (χ1v) is 11.2. The minimum atomic E-state index is -4.52. The number of nitrogens with zero attached hydrogens (tertiary/aromatic N) is 4. The van der Waals surface area contributed by atoms with Gasteiger partial charge in [0.05, 0.1) is 22.5 Å². The van der Waals surface area contributed by atoms with Gasteiger partial charge in [-0.2, -0.15) is 18.3 Å². The number of alkyl halides is 4. The molecule has 1 amide bonds. The van der Waals surface area contributed by atoms with E-state index in [-0.39, 0.29) is 18.5 Å². The predicted octanol–water partition coefficient (Wildman–Crippen LogP) is 3.88. The number of hydrogen-bond acceptors (Lipinski definition) is 5. The van der Waals surface area contributed by atoms with Crippen molar-refractivity contribution < 1.29 is 22.7 Å². The molecule has 1 aromatic rings. The number of halogens is 5. The van der Waals surface area contributed by atoms with Crippen LogP contribution in [0.15, 0.2) is 27.8 Å². The molecular formula is C19H23Br2F3N4O2. The van der Waals surface area contributed by atoms with Crippen LogP contribution in [0.4, 0.5) is 18.9 Å². The molecule has 166 valence electrons. The van der Waals surface area contributed by atoms with Gasteiger partial charge in [0.25, 0.3) is 0 Å². The number of ether oxygens (including phenoxy) is 1. The zero-order valence-corrected chi connectivity index (χ0v) is 20.0. The van der Waals surface area contributed by atoms with E-state index in [9.17, 15) is 18.0 Å². The van der Waals surface area contributed by atoms with Gasteiger partial charge in [-0.15, -0.1) is 0 Å². The Bertz CT molecular complexity index is 836. The fraction of sp³-hybridized carbons (Fsp3) is 0.579. The summed E-state index contributed by atoms with van der Waals surface area (Å²) in [5.41, 5.74) is 0.0913. The third-order valence-corrected chi connectivity index (χ3v) is 7.28. The lowest BCUT2D eigenvalue weighted by molar-refractivity contribution is -0.135. The fourth-order valence-corrected chi connectivity index (χ4v) is 4.73. The van der Waals surface area contributed by atoms with Gasteiger partial charge in [-0.05, 0) is 41.9 Å². The maximum Gasteiger partial charge on any atom is 0.432 e. The molecular weight excluding hydrogens is 533 g/mol. The van der Waals surface area contributed by atoms with Crippen LogP contribution < -0.4 is 9.64 Å². The molecule has 0 N–H and O–H groups in total. The number of hydrogen-bond donors (Lipinski definition) is 0. The van der Waals surface area contributed by atoms with Gasteiger partial charge in [-0.25, -0.2) is 0 Å². The highest BCUT2D eigenvalue weighted by Crippen LogP contribution is 2.33. The largest absolute Gasteiger partial charge is 0.495 e. The Labute approximate surface area is 190 Å². The van der Waals surface area contributed by atoms with Crippen LogP contribution in [0.3, 0.4) is 0 Å². The summed E-state index contributed by atoms with van der Waals surface area (Å²) in [6.07, 6.45) is -4.52. The summed E-state index contributed by atoms with van der Waals surface area (Å²) in [7, 11) is 1.60. The van der Waals surface area contributed by atoms with E-state index < -0.39 is 22.8 Å². The van der Waals surface area contributed by atoms with Crippen LogP contribution in [0, 0.1) is 0 Å². The number of rotatable bonds is 4. The summed E-state index contributed by atoms with van der Waals surface area (Å²) in [5.74, 6) is 0.499. The highest BCUT2D eigenvalue weighted by Gasteiger charge is 2.48. The standard InChI is InChI=1S/C19H23Br2F3N4O2/c1-11-9-26(13-4-5-14(20)15(8-13)30-3)6-7-27(11)16(29)10-28-12(2)17(21)18(25-28)19(22,23)24/h4-5,8,11-12,17H,6-7,9-10H2,1-3H3/t11-,12?,17?/m0/s1. The van der Waals surface area contributed by atoms with E-state index in [1.54, 1.807) is 18.9 Å². The molecule has 1 fully saturated rings. The Balaban J connectivity index is 1.65. The summed E-state index contributed by atoms with van der Waals surface area (Å²) in [6.45, 7) is 5.09. The zero-order chi connectivity index (χ0) is 22.2. The molecule has 0 aromatic heterocycles. The van der Waals surface area contributed by atoms with Gasteiger partial charge in [0.2, 0.25) is 5.91 Å². The first-order chi connectivity index (χ1) is 14.0. The quantitative estimate of drug-likeness (QED) is 0.529. The van der Waals surface area contributed by atoms with E-state index in [0.717, 1.165) is 15.9 Å². The van der Waals surface area contributed by atoms with E-state index in [1.165, 1.54) is 5.01 Å². The molecule has 0 saturated carbocycles. The van der Waals surface area contributed by atoms with Gasteiger partial charge < -0.3 is 14.5 Å². The third kappa shape index (κ3) is 4.71. The van der Waals surface area contributed by atoms with Crippen molar-refractivity contribution in [3.63, 3.8) is 0 Å². The van der Waals surface area contributed by atoms with Crippen LogP contribution in [0.1, 0.15) is 13.8 Å². The average Bonchev–Trinajstić information content (AvgIpc) is 2.96. The minimum Gasteiger partial charge on any atom is -0.495 e. The molecule has 11 heteroatoms. The van der Waals surface area contributed by atoms with Crippen LogP contribution in [0.2, 0.25) is 0 Å². The molecule has 2 unspecified atom stereocenters.